The van der Waals surface area contributed by atoms with Gasteiger partial charge in [0, 0.05) is 6.07 Å². The van der Waals surface area contributed by atoms with E-state index in [4.69, 9.17) is 5.11 Å². The molecule has 0 unspecified atom stereocenters. The van der Waals surface area contributed by atoms with Gasteiger partial charge in [0.05, 0.1) is 10.5 Å². The van der Waals surface area contributed by atoms with Crippen molar-refractivity contribution >= 4 is 11.7 Å². The summed E-state index contributed by atoms with van der Waals surface area (Å²) in [7, 11) is 0. The third-order valence-electron chi connectivity index (χ3n) is 1.59. The molecule has 0 bridgehead atoms. The Labute approximate surface area is 116 Å². The molecule has 1 aromatic carbocycles. The minimum atomic E-state index is -1.56. The van der Waals surface area contributed by atoms with E-state index < -0.39 is 33.0 Å². The third-order valence-corrected chi connectivity index (χ3v) is 1.59. The Morgan fingerprint density at radius 1 is 1.29 bits per heavy atom. The van der Waals surface area contributed by atoms with E-state index in [0.29, 0.717) is 0 Å². The van der Waals surface area contributed by atoms with Crippen LogP contribution in [-0.4, -0.2) is 21.1 Å². The van der Waals surface area contributed by atoms with Crippen molar-refractivity contribution in [1.29, 1.82) is 0 Å². The number of nitrogens with zero attached hydrogens (tertiary/aromatic N) is 2. The summed E-state index contributed by atoms with van der Waals surface area (Å²) in [6.07, 6.45) is 0. The molecule has 0 amide bonds. The maximum absolute atomic E-state index is 10.7. The van der Waals surface area contributed by atoms with Crippen molar-refractivity contribution in [3.05, 3.63) is 44.0 Å². The molecule has 1 aromatic rings. The Morgan fingerprint density at radius 2 is 1.88 bits per heavy atom. The summed E-state index contributed by atoms with van der Waals surface area (Å²) in [6.45, 7) is 0. The van der Waals surface area contributed by atoms with E-state index >= 15 is 0 Å². The molecular weight excluding hydrogens is 247 g/mol. The second-order valence-corrected chi connectivity index (χ2v) is 2.53. The number of nitro groups is 1. The standard InChI is InChI=1S/C7H4N2O7.Na/c10-7(11)4-2-1-3-5(8(12)13)6(4)16-9(14)15;/h1-3H,(H,10,11);/q;+1. The number of para-hydroxylation sites is 1. The average Bonchev–Trinajstić information content (AvgIpc) is 2.16. The van der Waals surface area contributed by atoms with Gasteiger partial charge in [0.25, 0.3) is 10.8 Å². The first-order valence-electron chi connectivity index (χ1n) is 3.76. The summed E-state index contributed by atoms with van der Waals surface area (Å²) in [4.78, 5) is 34.2. The number of carboxylic acids is 1. The Bertz CT molecular complexity index is 443. The second-order valence-electron chi connectivity index (χ2n) is 2.53. The zero-order valence-electron chi connectivity index (χ0n) is 8.52. The predicted octanol–water partition coefficient (Wildman–Crippen LogP) is -2.13. The summed E-state index contributed by atoms with van der Waals surface area (Å²) in [5.41, 5.74) is -1.43. The molecule has 0 radical (unpaired) electrons. The number of hydrogen-bond acceptors (Lipinski definition) is 6. The Morgan fingerprint density at radius 3 is 2.29 bits per heavy atom. The normalized spacial score (nSPS) is 8.94. The fourth-order valence-corrected chi connectivity index (χ4v) is 1.01. The van der Waals surface area contributed by atoms with Crippen molar-refractivity contribution < 1.29 is 54.3 Å². The fraction of sp³-hybridized carbons (Fsp3) is 0. The largest absolute Gasteiger partial charge is 1.00 e. The van der Waals surface area contributed by atoms with Crippen molar-refractivity contribution in [1.82, 2.24) is 0 Å². The van der Waals surface area contributed by atoms with E-state index in [1.807, 2.05) is 0 Å². The molecule has 0 saturated carbocycles. The van der Waals surface area contributed by atoms with Crippen molar-refractivity contribution in [2.75, 3.05) is 0 Å². The van der Waals surface area contributed by atoms with Crippen molar-refractivity contribution in [2.45, 2.75) is 0 Å². The molecule has 9 nitrogen and oxygen atoms in total. The maximum atomic E-state index is 10.7. The molecule has 0 aliphatic carbocycles. The van der Waals surface area contributed by atoms with Gasteiger partial charge in [0.15, 0.2) is 0 Å². The van der Waals surface area contributed by atoms with Gasteiger partial charge in [-0.05, 0) is 6.07 Å². The van der Waals surface area contributed by atoms with Crippen molar-refractivity contribution in [3.8, 4) is 5.75 Å². The molecule has 1 N–H and O–H groups in total. The zero-order chi connectivity index (χ0) is 12.3. The number of benzene rings is 1. The third kappa shape index (κ3) is 3.66. The topological polar surface area (TPSA) is 133 Å². The first kappa shape index (κ1) is 15.3. The minimum absolute atomic E-state index is 0. The Balaban J connectivity index is 0.00000256. The number of rotatable bonds is 4. The van der Waals surface area contributed by atoms with Crippen LogP contribution in [0.5, 0.6) is 5.75 Å². The molecule has 17 heavy (non-hydrogen) atoms. The van der Waals surface area contributed by atoms with Crippen LogP contribution in [0.25, 0.3) is 0 Å². The number of nitro benzene ring substituents is 1. The predicted molar refractivity (Wildman–Crippen MR) is 47.7 cm³/mol. The summed E-state index contributed by atoms with van der Waals surface area (Å²) in [5.74, 6) is -2.45. The van der Waals surface area contributed by atoms with Crippen LogP contribution < -0.4 is 34.4 Å². The molecular formula is C7H4N2NaO7+. The van der Waals surface area contributed by atoms with E-state index in [1.165, 1.54) is 0 Å². The molecule has 0 aromatic heterocycles. The number of carboxylic acid groups (broad SMARTS) is 1. The van der Waals surface area contributed by atoms with Crippen LogP contribution in [0.4, 0.5) is 5.69 Å². The van der Waals surface area contributed by atoms with Gasteiger partial charge < -0.3 is 5.11 Å². The van der Waals surface area contributed by atoms with E-state index in [9.17, 15) is 25.0 Å². The molecule has 10 heteroatoms. The Kier molecular flexibility index (Phi) is 5.51. The number of carbonyl (C=O) groups is 1. The van der Waals surface area contributed by atoms with Crippen LogP contribution in [0.3, 0.4) is 0 Å². The molecule has 0 aliphatic heterocycles. The van der Waals surface area contributed by atoms with Gasteiger partial charge in [-0.25, -0.2) is 4.79 Å². The first-order valence-corrected chi connectivity index (χ1v) is 3.76. The van der Waals surface area contributed by atoms with Gasteiger partial charge >= 0.3 is 35.5 Å². The van der Waals surface area contributed by atoms with Gasteiger partial charge in [-0.2, -0.15) is 0 Å². The van der Waals surface area contributed by atoms with Crippen LogP contribution in [0.2, 0.25) is 0 Å². The summed E-state index contributed by atoms with van der Waals surface area (Å²) in [5, 5.41) is 27.9. The van der Waals surface area contributed by atoms with Crippen LogP contribution in [0, 0.1) is 20.2 Å². The van der Waals surface area contributed by atoms with Gasteiger partial charge in [-0.1, -0.05) is 6.07 Å². The number of aromatic carboxylic acids is 1. The summed E-state index contributed by atoms with van der Waals surface area (Å²) >= 11 is 0. The average molecular weight is 251 g/mol. The Hall–Kier alpha value is -1.71. The van der Waals surface area contributed by atoms with Crippen molar-refractivity contribution in [3.63, 3.8) is 0 Å². The van der Waals surface area contributed by atoms with Crippen LogP contribution >= 0.6 is 0 Å². The van der Waals surface area contributed by atoms with Crippen LogP contribution in [-0.2, 0) is 0 Å². The molecule has 0 atom stereocenters. The molecule has 1 rings (SSSR count). The van der Waals surface area contributed by atoms with E-state index in [0.717, 1.165) is 18.2 Å². The summed E-state index contributed by atoms with van der Waals surface area (Å²) < 4.78 is 0. The van der Waals surface area contributed by atoms with Gasteiger partial charge in [0.1, 0.15) is 0 Å². The van der Waals surface area contributed by atoms with Crippen LogP contribution in [0.15, 0.2) is 18.2 Å². The molecule has 0 fully saturated rings. The monoisotopic (exact) mass is 251 g/mol. The van der Waals surface area contributed by atoms with Gasteiger partial charge in [-0.3, -0.25) is 15.0 Å². The first-order chi connectivity index (χ1) is 7.43. The smallest absolute Gasteiger partial charge is 0.478 e. The fourth-order valence-electron chi connectivity index (χ4n) is 1.01. The second kappa shape index (κ2) is 6.13. The molecule has 84 valence electrons. The van der Waals surface area contributed by atoms with Crippen molar-refractivity contribution in [2.24, 2.45) is 0 Å². The maximum Gasteiger partial charge on any atom is 1.00 e. The molecule has 0 heterocycles. The van der Waals surface area contributed by atoms with E-state index in [-0.39, 0.29) is 29.6 Å². The van der Waals surface area contributed by atoms with Crippen LogP contribution in [0.1, 0.15) is 10.4 Å². The minimum Gasteiger partial charge on any atom is -0.478 e. The van der Waals surface area contributed by atoms with E-state index in [2.05, 4.69) is 4.84 Å². The quantitative estimate of drug-likeness (QED) is 0.367. The molecule has 0 saturated heterocycles. The SMILES string of the molecule is O=C(O)c1cccc([N+](=O)[O-])c1O[N+](=O)[O-].[Na+]. The van der Waals surface area contributed by atoms with Gasteiger partial charge in [-0.15, -0.1) is 10.1 Å². The molecule has 0 spiro atoms. The van der Waals surface area contributed by atoms with Gasteiger partial charge in [0.2, 0.25) is 5.75 Å². The number of hydrogen-bond donors (Lipinski definition) is 1. The van der Waals surface area contributed by atoms with E-state index in [1.54, 1.807) is 0 Å². The summed E-state index contributed by atoms with van der Waals surface area (Å²) in [6, 6.07) is 2.97. The zero-order valence-corrected chi connectivity index (χ0v) is 10.5. The molecule has 0 aliphatic rings.